The zero-order valence-corrected chi connectivity index (χ0v) is 12.0. The van der Waals surface area contributed by atoms with Gasteiger partial charge in [-0.05, 0) is 24.6 Å². The summed E-state index contributed by atoms with van der Waals surface area (Å²) in [5, 5.41) is 9.04. The normalized spacial score (nSPS) is 11.7. The minimum atomic E-state index is -3.56. The predicted octanol–water partition coefficient (Wildman–Crippen LogP) is 1.42. The lowest BCUT2D eigenvalue weighted by atomic mass is 10.3. The van der Waals surface area contributed by atoms with Crippen molar-refractivity contribution in [2.45, 2.75) is 25.0 Å². The highest BCUT2D eigenvalue weighted by Gasteiger charge is 2.19. The van der Waals surface area contributed by atoms with Crippen LogP contribution in [0.5, 0.6) is 0 Å². The van der Waals surface area contributed by atoms with Crippen LogP contribution in [0.3, 0.4) is 0 Å². The molecule has 0 saturated heterocycles. The molecule has 0 bridgehead atoms. The molecule has 0 amide bonds. The van der Waals surface area contributed by atoms with Crippen molar-refractivity contribution in [2.24, 2.45) is 0 Å². The Morgan fingerprint density at radius 2 is 2.26 bits per heavy atom. The maximum Gasteiger partial charge on any atom is 0.241 e. The molecule has 2 rings (SSSR count). The van der Waals surface area contributed by atoms with Gasteiger partial charge in [0.05, 0.1) is 11.5 Å². The van der Waals surface area contributed by atoms with E-state index in [1.165, 1.54) is 17.4 Å². The van der Waals surface area contributed by atoms with E-state index in [2.05, 4.69) is 9.71 Å². The SMILES string of the molecule is Cc1sc(CO)cc1S(=O)(=O)NCc1cccnc1. The molecule has 2 aromatic heterocycles. The molecule has 0 atom stereocenters. The van der Waals surface area contributed by atoms with Crippen molar-refractivity contribution in [1.82, 2.24) is 9.71 Å². The van der Waals surface area contributed by atoms with Crippen LogP contribution < -0.4 is 4.72 Å². The van der Waals surface area contributed by atoms with Crippen LogP contribution in [0.1, 0.15) is 15.3 Å². The molecular weight excluding hydrogens is 284 g/mol. The Morgan fingerprint density at radius 3 is 2.84 bits per heavy atom. The molecule has 7 heteroatoms. The third-order valence-corrected chi connectivity index (χ3v) is 5.25. The predicted molar refractivity (Wildman–Crippen MR) is 73.2 cm³/mol. The zero-order valence-electron chi connectivity index (χ0n) is 10.3. The second-order valence-corrected chi connectivity index (χ2v) is 7.05. The summed E-state index contributed by atoms with van der Waals surface area (Å²) in [4.78, 5) is 5.46. The van der Waals surface area contributed by atoms with Crippen LogP contribution in [0.15, 0.2) is 35.5 Å². The number of hydrogen-bond donors (Lipinski definition) is 2. The van der Waals surface area contributed by atoms with Gasteiger partial charge in [0, 0.05) is 28.7 Å². The minimum absolute atomic E-state index is 0.149. The first kappa shape index (κ1) is 14.1. The molecule has 0 unspecified atom stereocenters. The fraction of sp³-hybridized carbons (Fsp3) is 0.250. The van der Waals surface area contributed by atoms with Crippen LogP contribution in [0.4, 0.5) is 0 Å². The van der Waals surface area contributed by atoms with E-state index >= 15 is 0 Å². The summed E-state index contributed by atoms with van der Waals surface area (Å²) >= 11 is 1.28. The van der Waals surface area contributed by atoms with Crippen molar-refractivity contribution in [3.8, 4) is 0 Å². The van der Waals surface area contributed by atoms with Crippen molar-refractivity contribution < 1.29 is 13.5 Å². The Morgan fingerprint density at radius 1 is 1.47 bits per heavy atom. The van der Waals surface area contributed by atoms with Crippen molar-refractivity contribution in [1.29, 1.82) is 0 Å². The molecule has 102 valence electrons. The number of aryl methyl sites for hydroxylation is 1. The Balaban J connectivity index is 2.16. The Hall–Kier alpha value is -1.28. The Bertz CT molecular complexity index is 651. The highest BCUT2D eigenvalue weighted by molar-refractivity contribution is 7.89. The van der Waals surface area contributed by atoms with Gasteiger partial charge in [-0.3, -0.25) is 4.98 Å². The van der Waals surface area contributed by atoms with Gasteiger partial charge in [-0.2, -0.15) is 0 Å². The standard InChI is InChI=1S/C12H14N2O3S2/c1-9-12(5-11(8-15)18-9)19(16,17)14-7-10-3-2-4-13-6-10/h2-6,14-15H,7-8H2,1H3. The summed E-state index contributed by atoms with van der Waals surface area (Å²) in [6.45, 7) is 1.77. The van der Waals surface area contributed by atoms with Crippen molar-refractivity contribution in [3.05, 3.63) is 45.9 Å². The molecule has 2 aromatic rings. The second-order valence-electron chi connectivity index (χ2n) is 3.98. The van der Waals surface area contributed by atoms with E-state index in [9.17, 15) is 8.42 Å². The van der Waals surface area contributed by atoms with Crippen molar-refractivity contribution >= 4 is 21.4 Å². The lowest BCUT2D eigenvalue weighted by Gasteiger charge is -2.05. The van der Waals surface area contributed by atoms with E-state index in [1.807, 2.05) is 0 Å². The number of pyridine rings is 1. The molecule has 0 aromatic carbocycles. The third kappa shape index (κ3) is 3.38. The minimum Gasteiger partial charge on any atom is -0.391 e. The molecule has 19 heavy (non-hydrogen) atoms. The molecule has 0 aliphatic carbocycles. The van der Waals surface area contributed by atoms with Crippen LogP contribution in [-0.2, 0) is 23.2 Å². The van der Waals surface area contributed by atoms with E-state index in [4.69, 9.17) is 5.11 Å². The van der Waals surface area contributed by atoms with Crippen LogP contribution in [0.25, 0.3) is 0 Å². The third-order valence-electron chi connectivity index (χ3n) is 2.56. The van der Waals surface area contributed by atoms with Gasteiger partial charge in [-0.15, -0.1) is 11.3 Å². The fourth-order valence-corrected chi connectivity index (χ4v) is 4.14. The van der Waals surface area contributed by atoms with E-state index in [-0.39, 0.29) is 18.0 Å². The van der Waals surface area contributed by atoms with Gasteiger partial charge in [0.25, 0.3) is 0 Å². The zero-order chi connectivity index (χ0) is 13.9. The van der Waals surface area contributed by atoms with E-state index in [0.29, 0.717) is 9.75 Å². The van der Waals surface area contributed by atoms with Crippen molar-refractivity contribution in [2.75, 3.05) is 0 Å². The average Bonchev–Trinajstić information content (AvgIpc) is 2.80. The quantitative estimate of drug-likeness (QED) is 0.875. The summed E-state index contributed by atoms with van der Waals surface area (Å²) in [7, 11) is -3.56. The highest BCUT2D eigenvalue weighted by Crippen LogP contribution is 2.25. The monoisotopic (exact) mass is 298 g/mol. The summed E-state index contributed by atoms with van der Waals surface area (Å²) in [5.74, 6) is 0. The summed E-state index contributed by atoms with van der Waals surface area (Å²) < 4.78 is 26.8. The Kier molecular flexibility index (Phi) is 4.31. The molecule has 0 radical (unpaired) electrons. The number of thiophene rings is 1. The molecule has 0 aliphatic heterocycles. The van der Waals surface area contributed by atoms with Gasteiger partial charge in [0.2, 0.25) is 10.0 Å². The van der Waals surface area contributed by atoms with Crippen LogP contribution in [0.2, 0.25) is 0 Å². The first-order valence-electron chi connectivity index (χ1n) is 5.61. The van der Waals surface area contributed by atoms with Crippen LogP contribution in [0, 0.1) is 6.92 Å². The van der Waals surface area contributed by atoms with E-state index in [0.717, 1.165) is 5.56 Å². The van der Waals surface area contributed by atoms with Gasteiger partial charge < -0.3 is 5.11 Å². The molecule has 0 spiro atoms. The van der Waals surface area contributed by atoms with Crippen LogP contribution in [-0.4, -0.2) is 18.5 Å². The number of nitrogens with one attached hydrogen (secondary N) is 1. The van der Waals surface area contributed by atoms with Crippen molar-refractivity contribution in [3.63, 3.8) is 0 Å². The van der Waals surface area contributed by atoms with Gasteiger partial charge >= 0.3 is 0 Å². The first-order chi connectivity index (χ1) is 9.03. The lowest BCUT2D eigenvalue weighted by molar-refractivity contribution is 0.285. The number of aliphatic hydroxyl groups is 1. The summed E-state index contributed by atoms with van der Waals surface area (Å²) in [6, 6.07) is 5.06. The fourth-order valence-electron chi connectivity index (χ4n) is 1.63. The number of rotatable bonds is 5. The Labute approximate surface area is 116 Å². The van der Waals surface area contributed by atoms with Gasteiger partial charge in [0.1, 0.15) is 0 Å². The second kappa shape index (κ2) is 5.79. The highest BCUT2D eigenvalue weighted by atomic mass is 32.2. The lowest BCUT2D eigenvalue weighted by Crippen LogP contribution is -2.23. The maximum absolute atomic E-state index is 12.1. The average molecular weight is 298 g/mol. The first-order valence-corrected chi connectivity index (χ1v) is 7.91. The molecule has 0 fully saturated rings. The van der Waals surface area contributed by atoms with Gasteiger partial charge in [-0.25, -0.2) is 13.1 Å². The molecule has 2 heterocycles. The van der Waals surface area contributed by atoms with E-state index in [1.54, 1.807) is 31.5 Å². The summed E-state index contributed by atoms with van der Waals surface area (Å²) in [5.41, 5.74) is 0.793. The summed E-state index contributed by atoms with van der Waals surface area (Å²) in [6.07, 6.45) is 3.25. The molecular formula is C12H14N2O3S2. The maximum atomic E-state index is 12.1. The van der Waals surface area contributed by atoms with Gasteiger partial charge in [0.15, 0.2) is 0 Å². The largest absolute Gasteiger partial charge is 0.391 e. The molecule has 0 aliphatic rings. The molecule has 5 nitrogen and oxygen atoms in total. The van der Waals surface area contributed by atoms with Gasteiger partial charge in [-0.1, -0.05) is 6.07 Å². The number of aromatic nitrogens is 1. The number of hydrogen-bond acceptors (Lipinski definition) is 5. The number of aliphatic hydroxyl groups excluding tert-OH is 1. The van der Waals surface area contributed by atoms with E-state index < -0.39 is 10.0 Å². The van der Waals surface area contributed by atoms with Crippen LogP contribution >= 0.6 is 11.3 Å². The smallest absolute Gasteiger partial charge is 0.241 e. The number of sulfonamides is 1. The number of nitrogens with zero attached hydrogens (tertiary/aromatic N) is 1. The topological polar surface area (TPSA) is 79.3 Å². The molecule has 2 N–H and O–H groups in total. The molecule has 0 saturated carbocycles.